The average molecular weight is 285 g/mol. The van der Waals surface area contributed by atoms with Gasteiger partial charge in [0.05, 0.1) is 20.6 Å². The Bertz CT molecular complexity index is 502. The fraction of sp³-hybridized carbons (Fsp3) is 0.455. The summed E-state index contributed by atoms with van der Waals surface area (Å²) in [5, 5.41) is 3.99. The van der Waals surface area contributed by atoms with E-state index in [0.717, 1.165) is 17.1 Å². The molecule has 2 aromatic rings. The number of nitrogens with zero attached hydrogens (tertiary/aromatic N) is 2. The minimum atomic E-state index is 0.513. The van der Waals surface area contributed by atoms with E-state index in [0.29, 0.717) is 11.0 Å². The van der Waals surface area contributed by atoms with Crippen LogP contribution >= 0.6 is 34.4 Å². The maximum Gasteiger partial charge on any atom is 0.181 e. The third-order valence-electron chi connectivity index (χ3n) is 2.19. The second kappa shape index (κ2) is 5.37. The average Bonchev–Trinajstić information content (AvgIpc) is 2.82. The molecular weight excluding hydrogens is 270 g/mol. The molecule has 0 bridgehead atoms. The van der Waals surface area contributed by atoms with Crippen LogP contribution in [0.2, 0.25) is 0 Å². The van der Waals surface area contributed by atoms with Crippen LogP contribution in [-0.2, 0) is 5.75 Å². The highest BCUT2D eigenvalue weighted by atomic mass is 32.2. The highest BCUT2D eigenvalue weighted by Gasteiger charge is 2.09. The Kier molecular flexibility index (Phi) is 4.06. The van der Waals surface area contributed by atoms with E-state index in [9.17, 15) is 0 Å². The molecule has 17 heavy (non-hydrogen) atoms. The lowest BCUT2D eigenvalue weighted by Crippen LogP contribution is -1.87. The minimum Gasteiger partial charge on any atom is -0.375 e. The van der Waals surface area contributed by atoms with E-state index in [-0.39, 0.29) is 0 Å². The molecule has 0 aliphatic carbocycles. The first-order valence-corrected chi connectivity index (χ1v) is 8.04. The predicted octanol–water partition coefficient (Wildman–Crippen LogP) is 3.91. The van der Waals surface area contributed by atoms with E-state index in [1.54, 1.807) is 34.4 Å². The Morgan fingerprint density at radius 2 is 2.18 bits per heavy atom. The number of anilines is 1. The van der Waals surface area contributed by atoms with Gasteiger partial charge in [0, 0.05) is 17.1 Å². The van der Waals surface area contributed by atoms with Crippen molar-refractivity contribution >= 4 is 39.6 Å². The van der Waals surface area contributed by atoms with E-state index in [1.165, 1.54) is 9.22 Å². The fourth-order valence-electron chi connectivity index (χ4n) is 1.33. The molecular formula is C11H15N3S3. The van der Waals surface area contributed by atoms with E-state index in [1.807, 2.05) is 6.92 Å². The van der Waals surface area contributed by atoms with Gasteiger partial charge in [0.2, 0.25) is 0 Å². The van der Waals surface area contributed by atoms with Gasteiger partial charge in [-0.3, -0.25) is 0 Å². The van der Waals surface area contributed by atoms with Crippen LogP contribution in [0.5, 0.6) is 0 Å². The third kappa shape index (κ3) is 3.20. The summed E-state index contributed by atoms with van der Waals surface area (Å²) in [6.07, 6.45) is 0. The molecule has 0 amide bonds. The number of aryl methyl sites for hydroxylation is 1. The Morgan fingerprint density at radius 3 is 2.71 bits per heavy atom. The smallest absolute Gasteiger partial charge is 0.181 e. The number of hydrogen-bond acceptors (Lipinski definition) is 6. The summed E-state index contributed by atoms with van der Waals surface area (Å²) in [6.45, 7) is 6.34. The summed E-state index contributed by atoms with van der Waals surface area (Å²) < 4.78 is 1.20. The maximum atomic E-state index is 5.67. The lowest BCUT2D eigenvalue weighted by Gasteiger charge is -1.97. The standard InChI is InChI=1S/C11H15N3S3/c1-6(2)9-14-8(4-15-9)5-16-10-7(3)13-11(12)17-10/h4,6H,5H2,1-3H3,(H2,12,13). The molecule has 0 radical (unpaired) electrons. The van der Waals surface area contributed by atoms with Crippen LogP contribution in [0, 0.1) is 6.92 Å². The topological polar surface area (TPSA) is 51.8 Å². The van der Waals surface area contributed by atoms with Gasteiger partial charge in [0.1, 0.15) is 0 Å². The maximum absolute atomic E-state index is 5.67. The number of thiazole rings is 2. The van der Waals surface area contributed by atoms with Crippen molar-refractivity contribution in [3.05, 3.63) is 21.8 Å². The molecule has 2 aromatic heterocycles. The van der Waals surface area contributed by atoms with Crippen LogP contribution in [0.1, 0.15) is 36.2 Å². The van der Waals surface area contributed by atoms with Crippen molar-refractivity contribution < 1.29 is 0 Å². The Hall–Kier alpha value is -0.590. The molecule has 0 aliphatic heterocycles. The van der Waals surface area contributed by atoms with Crippen molar-refractivity contribution in [3.63, 3.8) is 0 Å². The molecule has 0 aliphatic rings. The zero-order chi connectivity index (χ0) is 12.4. The number of rotatable bonds is 4. The van der Waals surface area contributed by atoms with Crippen molar-refractivity contribution in [2.75, 3.05) is 5.73 Å². The van der Waals surface area contributed by atoms with Crippen LogP contribution < -0.4 is 5.73 Å². The van der Waals surface area contributed by atoms with E-state index in [2.05, 4.69) is 29.2 Å². The monoisotopic (exact) mass is 285 g/mol. The fourth-order valence-corrected chi connectivity index (χ4v) is 4.19. The van der Waals surface area contributed by atoms with Gasteiger partial charge in [-0.1, -0.05) is 25.2 Å². The largest absolute Gasteiger partial charge is 0.375 e. The van der Waals surface area contributed by atoms with Crippen molar-refractivity contribution in [3.8, 4) is 0 Å². The first kappa shape index (κ1) is 12.9. The normalized spacial score (nSPS) is 11.3. The predicted molar refractivity (Wildman–Crippen MR) is 77.0 cm³/mol. The Labute approximate surface area is 113 Å². The van der Waals surface area contributed by atoms with Gasteiger partial charge in [0.25, 0.3) is 0 Å². The van der Waals surface area contributed by atoms with Gasteiger partial charge in [-0.25, -0.2) is 9.97 Å². The minimum absolute atomic E-state index is 0.513. The third-order valence-corrected chi connectivity index (χ3v) is 5.76. The van der Waals surface area contributed by atoms with Gasteiger partial charge in [0.15, 0.2) is 5.13 Å². The van der Waals surface area contributed by atoms with Crippen LogP contribution in [0.3, 0.4) is 0 Å². The van der Waals surface area contributed by atoms with Crippen LogP contribution in [0.15, 0.2) is 9.59 Å². The van der Waals surface area contributed by atoms with Gasteiger partial charge in [-0.05, 0) is 6.92 Å². The number of nitrogens with two attached hydrogens (primary N) is 1. The molecule has 2 heterocycles. The molecule has 0 saturated heterocycles. The first-order chi connectivity index (χ1) is 8.06. The summed E-state index contributed by atoms with van der Waals surface area (Å²) in [5.41, 5.74) is 7.85. The highest BCUT2D eigenvalue weighted by molar-refractivity contribution is 8.00. The van der Waals surface area contributed by atoms with Gasteiger partial charge in [-0.2, -0.15) is 0 Å². The molecule has 2 N–H and O–H groups in total. The second-order valence-corrected chi connectivity index (χ2v) is 7.21. The van der Waals surface area contributed by atoms with E-state index < -0.39 is 0 Å². The molecule has 3 nitrogen and oxygen atoms in total. The Morgan fingerprint density at radius 1 is 1.41 bits per heavy atom. The summed E-state index contributed by atoms with van der Waals surface area (Å²) in [6, 6.07) is 0. The molecule has 0 saturated carbocycles. The SMILES string of the molecule is Cc1nc(N)sc1SCc1csc(C(C)C)n1. The molecule has 6 heteroatoms. The zero-order valence-electron chi connectivity index (χ0n) is 10.1. The number of hydrogen-bond donors (Lipinski definition) is 1. The van der Waals surface area contributed by atoms with E-state index in [4.69, 9.17) is 5.73 Å². The summed E-state index contributed by atoms with van der Waals surface area (Å²) >= 11 is 5.06. The van der Waals surface area contributed by atoms with Crippen LogP contribution in [-0.4, -0.2) is 9.97 Å². The Balaban J connectivity index is 2.00. The molecule has 0 atom stereocenters. The summed E-state index contributed by atoms with van der Waals surface area (Å²) in [7, 11) is 0. The van der Waals surface area contributed by atoms with Crippen molar-refractivity contribution in [2.45, 2.75) is 36.7 Å². The molecule has 0 aromatic carbocycles. The number of aromatic nitrogens is 2. The van der Waals surface area contributed by atoms with Gasteiger partial charge >= 0.3 is 0 Å². The summed E-state index contributed by atoms with van der Waals surface area (Å²) in [4.78, 5) is 8.83. The summed E-state index contributed by atoms with van der Waals surface area (Å²) in [5.74, 6) is 1.41. The lowest BCUT2D eigenvalue weighted by molar-refractivity contribution is 0.846. The van der Waals surface area contributed by atoms with Crippen molar-refractivity contribution in [1.29, 1.82) is 0 Å². The lowest BCUT2D eigenvalue weighted by atomic mass is 10.2. The number of thioether (sulfide) groups is 1. The number of nitrogen functional groups attached to an aromatic ring is 1. The van der Waals surface area contributed by atoms with Crippen LogP contribution in [0.4, 0.5) is 5.13 Å². The van der Waals surface area contributed by atoms with E-state index >= 15 is 0 Å². The van der Waals surface area contributed by atoms with Gasteiger partial charge in [-0.15, -0.1) is 23.1 Å². The molecule has 0 fully saturated rings. The second-order valence-electron chi connectivity index (χ2n) is 4.05. The zero-order valence-corrected chi connectivity index (χ0v) is 12.5. The van der Waals surface area contributed by atoms with Gasteiger partial charge < -0.3 is 5.73 Å². The molecule has 0 unspecified atom stereocenters. The highest BCUT2D eigenvalue weighted by Crippen LogP contribution is 2.33. The molecule has 0 spiro atoms. The molecule has 92 valence electrons. The first-order valence-electron chi connectivity index (χ1n) is 5.36. The molecule has 2 rings (SSSR count). The van der Waals surface area contributed by atoms with Crippen molar-refractivity contribution in [2.24, 2.45) is 0 Å². The van der Waals surface area contributed by atoms with Crippen molar-refractivity contribution in [1.82, 2.24) is 9.97 Å². The van der Waals surface area contributed by atoms with Crippen LogP contribution in [0.25, 0.3) is 0 Å². The quantitative estimate of drug-likeness (QED) is 0.865.